The van der Waals surface area contributed by atoms with Crippen LogP contribution in [0.4, 0.5) is 4.79 Å². The van der Waals surface area contributed by atoms with E-state index in [1.165, 1.54) is 9.13 Å². The van der Waals surface area contributed by atoms with Gasteiger partial charge in [-0.2, -0.15) is 0 Å². The molecule has 0 bridgehead atoms. The molecule has 10 heteroatoms. The van der Waals surface area contributed by atoms with E-state index in [1.54, 1.807) is 18.0 Å². The van der Waals surface area contributed by atoms with E-state index in [2.05, 4.69) is 5.32 Å². The van der Waals surface area contributed by atoms with Crippen molar-refractivity contribution in [3.8, 4) is 5.75 Å². The number of carbonyl (C=O) groups is 3. The Morgan fingerprint density at radius 2 is 1.85 bits per heavy atom. The van der Waals surface area contributed by atoms with Crippen LogP contribution in [0, 0.1) is 5.41 Å². The van der Waals surface area contributed by atoms with E-state index in [1.807, 2.05) is 32.9 Å². The molecule has 3 heterocycles. The molecule has 1 spiro atoms. The average Bonchev–Trinajstić information content (AvgIpc) is 2.93. The van der Waals surface area contributed by atoms with Crippen LogP contribution in [0.2, 0.25) is 0 Å². The quantitative estimate of drug-likeness (QED) is 0.688. The Labute approximate surface area is 196 Å². The Balaban J connectivity index is 1.29. The van der Waals surface area contributed by atoms with Gasteiger partial charge >= 0.3 is 11.8 Å². The van der Waals surface area contributed by atoms with Crippen molar-refractivity contribution >= 4 is 28.9 Å². The molecule has 3 amide bonds. The summed E-state index contributed by atoms with van der Waals surface area (Å²) in [7, 11) is 1.66. The van der Waals surface area contributed by atoms with Crippen LogP contribution in [0.1, 0.15) is 52.5 Å². The molecular weight excluding hydrogens is 440 g/mol. The van der Waals surface area contributed by atoms with Gasteiger partial charge in [-0.15, -0.1) is 0 Å². The van der Waals surface area contributed by atoms with E-state index >= 15 is 0 Å². The summed E-state index contributed by atoms with van der Waals surface area (Å²) in [6, 6.07) is 4.70. The van der Waals surface area contributed by atoms with E-state index in [-0.39, 0.29) is 42.1 Å². The van der Waals surface area contributed by atoms with Gasteiger partial charge in [0, 0.05) is 32.0 Å². The number of likely N-dealkylation sites (tertiary alicyclic amines) is 1. The first-order chi connectivity index (χ1) is 16.0. The minimum atomic E-state index is -0.732. The number of para-hydroxylation sites is 1. The summed E-state index contributed by atoms with van der Waals surface area (Å²) in [5.41, 5.74) is 0.470. The van der Waals surface area contributed by atoms with Crippen molar-refractivity contribution in [2.45, 2.75) is 64.2 Å². The number of carbonyl (C=O) groups excluding carboxylic acids is 3. The molecule has 5 rings (SSSR count). The summed E-state index contributed by atoms with van der Waals surface area (Å²) in [4.78, 5) is 51.0. The van der Waals surface area contributed by atoms with Crippen LogP contribution in [0.15, 0.2) is 23.0 Å². The Hall–Kier alpha value is -3.30. The highest BCUT2D eigenvalue weighted by Gasteiger charge is 2.55. The highest BCUT2D eigenvalue weighted by molar-refractivity contribution is 6.00. The molecule has 2 aromatic rings. The third-order valence-electron chi connectivity index (χ3n) is 6.91. The predicted octanol–water partition coefficient (Wildman–Crippen LogP) is 2.10. The molecule has 1 aromatic heterocycles. The Morgan fingerprint density at radius 3 is 2.50 bits per heavy atom. The lowest BCUT2D eigenvalue weighted by atomic mass is 9.62. The van der Waals surface area contributed by atoms with Crippen molar-refractivity contribution < 1.29 is 23.9 Å². The Kier molecular flexibility index (Phi) is 5.03. The van der Waals surface area contributed by atoms with E-state index < -0.39 is 17.6 Å². The molecule has 3 aliphatic rings. The number of aromatic nitrogens is 2. The molecule has 182 valence electrons. The molecule has 10 nitrogen and oxygen atoms in total. The monoisotopic (exact) mass is 470 g/mol. The smallest absolute Gasteiger partial charge is 0.410 e. The number of piperidine rings is 1. The molecular formula is C24H30N4O6. The second-order valence-electron chi connectivity index (χ2n) is 10.8. The van der Waals surface area contributed by atoms with Crippen molar-refractivity contribution in [1.82, 2.24) is 19.4 Å². The van der Waals surface area contributed by atoms with Crippen LogP contribution >= 0.6 is 0 Å². The minimum Gasteiger partial charge on any atom is -0.488 e. The number of nitrogens with one attached hydrogen (secondary N) is 1. The van der Waals surface area contributed by atoms with Crippen molar-refractivity contribution in [2.24, 2.45) is 12.5 Å². The number of nitrogens with zero attached hydrogens (tertiary/aromatic N) is 3. The minimum absolute atomic E-state index is 0.0135. The molecule has 1 atom stereocenters. The van der Waals surface area contributed by atoms with Crippen molar-refractivity contribution in [1.29, 1.82) is 0 Å². The average molecular weight is 471 g/mol. The SMILES string of the molecule is Cn1c(=O)n(C2CCC(=O)NC2=O)c2cccc(OC3CC4(C3)CN(C(=O)OC(C)(C)C)C4)c21. The van der Waals surface area contributed by atoms with Crippen molar-refractivity contribution in [3.63, 3.8) is 0 Å². The fourth-order valence-corrected chi connectivity index (χ4v) is 5.37. The summed E-state index contributed by atoms with van der Waals surface area (Å²) >= 11 is 0. The van der Waals surface area contributed by atoms with Gasteiger partial charge in [-0.25, -0.2) is 9.59 Å². The van der Waals surface area contributed by atoms with Gasteiger partial charge in [0.15, 0.2) is 0 Å². The first kappa shape index (κ1) is 22.5. The van der Waals surface area contributed by atoms with Crippen LogP contribution in [0.25, 0.3) is 11.0 Å². The number of hydrogen-bond donors (Lipinski definition) is 1. The molecule has 2 saturated heterocycles. The van der Waals surface area contributed by atoms with Crippen LogP contribution in [0.3, 0.4) is 0 Å². The third kappa shape index (κ3) is 3.74. The van der Waals surface area contributed by atoms with Gasteiger partial charge < -0.3 is 14.4 Å². The van der Waals surface area contributed by atoms with E-state index in [0.29, 0.717) is 29.9 Å². The van der Waals surface area contributed by atoms with E-state index in [9.17, 15) is 19.2 Å². The topological polar surface area (TPSA) is 112 Å². The summed E-state index contributed by atoms with van der Waals surface area (Å²) in [5, 5.41) is 2.32. The highest BCUT2D eigenvalue weighted by Crippen LogP contribution is 2.50. The highest BCUT2D eigenvalue weighted by atomic mass is 16.6. The van der Waals surface area contributed by atoms with Crippen LogP contribution < -0.4 is 15.7 Å². The Morgan fingerprint density at radius 1 is 1.15 bits per heavy atom. The molecule has 1 aliphatic carbocycles. The zero-order valence-electron chi connectivity index (χ0n) is 19.9. The van der Waals surface area contributed by atoms with Gasteiger partial charge in [-0.3, -0.25) is 24.0 Å². The summed E-state index contributed by atoms with van der Waals surface area (Å²) < 4.78 is 14.7. The number of benzene rings is 1. The van der Waals surface area contributed by atoms with Gasteiger partial charge in [0.1, 0.15) is 29.0 Å². The van der Waals surface area contributed by atoms with Crippen LogP contribution in [-0.2, 0) is 21.4 Å². The largest absolute Gasteiger partial charge is 0.488 e. The van der Waals surface area contributed by atoms with Gasteiger partial charge in [0.05, 0.1) is 5.52 Å². The first-order valence-electron chi connectivity index (χ1n) is 11.6. The number of imidazole rings is 1. The standard InChI is InChI=1S/C24H30N4O6/c1-23(2,3)34-22(32)27-12-24(13-27)10-14(11-24)33-17-7-5-6-15-19(17)26(4)21(31)28(15)16-8-9-18(29)25-20(16)30/h5-7,14,16H,8-13H2,1-4H3,(H,25,29,30). The van der Waals surface area contributed by atoms with Gasteiger partial charge in [0.25, 0.3) is 0 Å². The molecule has 1 aromatic carbocycles. The first-order valence-corrected chi connectivity index (χ1v) is 11.6. The van der Waals surface area contributed by atoms with E-state index in [0.717, 1.165) is 12.8 Å². The fourth-order valence-electron chi connectivity index (χ4n) is 5.37. The Bertz CT molecular complexity index is 1240. The number of fused-ring (bicyclic) bond motifs is 1. The molecule has 2 aliphatic heterocycles. The second kappa shape index (κ2) is 7.61. The van der Waals surface area contributed by atoms with Gasteiger partial charge in [-0.1, -0.05) is 6.07 Å². The van der Waals surface area contributed by atoms with Crippen LogP contribution in [-0.4, -0.2) is 56.7 Å². The number of amides is 3. The summed E-state index contributed by atoms with van der Waals surface area (Å²) in [6.07, 6.45) is 1.83. The van der Waals surface area contributed by atoms with Gasteiger partial charge in [-0.05, 0) is 52.2 Å². The third-order valence-corrected chi connectivity index (χ3v) is 6.91. The number of hydrogen-bond acceptors (Lipinski definition) is 6. The molecule has 1 saturated carbocycles. The van der Waals surface area contributed by atoms with Crippen molar-refractivity contribution in [3.05, 3.63) is 28.7 Å². The fraction of sp³-hybridized carbons (Fsp3) is 0.583. The predicted molar refractivity (Wildman–Crippen MR) is 122 cm³/mol. The summed E-state index contributed by atoms with van der Waals surface area (Å²) in [5.74, 6) is -0.192. The molecule has 34 heavy (non-hydrogen) atoms. The van der Waals surface area contributed by atoms with E-state index in [4.69, 9.17) is 9.47 Å². The number of aryl methyl sites for hydroxylation is 1. The zero-order chi connectivity index (χ0) is 24.4. The lowest BCUT2D eigenvalue weighted by Crippen LogP contribution is -2.66. The number of ether oxygens (including phenoxy) is 2. The maximum atomic E-state index is 13.0. The molecule has 1 unspecified atom stereocenters. The molecule has 1 N–H and O–H groups in total. The lowest BCUT2D eigenvalue weighted by Gasteiger charge is -2.58. The maximum absolute atomic E-state index is 13.0. The van der Waals surface area contributed by atoms with Gasteiger partial charge in [0.2, 0.25) is 11.8 Å². The molecule has 0 radical (unpaired) electrons. The zero-order valence-corrected chi connectivity index (χ0v) is 19.9. The summed E-state index contributed by atoms with van der Waals surface area (Å²) in [6.45, 7) is 6.89. The normalized spacial score (nSPS) is 22.4. The number of rotatable bonds is 3. The van der Waals surface area contributed by atoms with Crippen molar-refractivity contribution in [2.75, 3.05) is 13.1 Å². The lowest BCUT2D eigenvalue weighted by molar-refractivity contribution is -0.135. The van der Waals surface area contributed by atoms with Crippen LogP contribution in [0.5, 0.6) is 5.75 Å². The number of imide groups is 1. The second-order valence-corrected chi connectivity index (χ2v) is 10.8. The maximum Gasteiger partial charge on any atom is 0.410 e. The molecule has 3 fully saturated rings.